The van der Waals surface area contributed by atoms with Crippen LogP contribution in [-0.4, -0.2) is 71.4 Å². The van der Waals surface area contributed by atoms with Gasteiger partial charge < -0.3 is 20.6 Å². The number of thioether (sulfide) groups is 1. The summed E-state index contributed by atoms with van der Waals surface area (Å²) in [4.78, 5) is 43.8. The fraction of sp³-hybridized carbons (Fsp3) is 0.500. The van der Waals surface area contributed by atoms with E-state index in [-0.39, 0.29) is 31.0 Å². The minimum absolute atomic E-state index is 0.109. The van der Waals surface area contributed by atoms with Gasteiger partial charge in [-0.3, -0.25) is 14.4 Å². The highest BCUT2D eigenvalue weighted by Crippen LogP contribution is 2.71. The maximum absolute atomic E-state index is 14.2. The SMILES string of the molecule is C[C@@]12CCC3(S1)C(C(=O)NCn1nnc4ccccc41)N(CCCCCCO)C(=O)[C@@H]3[C@@H]2C(=O)Nc1ccccc1. The number of nitrogens with zero attached hydrogens (tertiary/aromatic N) is 4. The standard InChI is InChI=1S/C30H36N6O4S/c1-29-15-16-30(41-29)24(23(29)26(38)32-20-11-5-4-6-12-20)28(40)35(17-9-2-3-10-18-37)25(30)27(39)31-19-36-22-14-8-7-13-21(22)33-34-36/h4-8,11-14,23-25,37H,2-3,9-10,15-19H2,1H3,(H,31,39)(H,32,38)/t23-,24+,25?,29+,30?/m1/s1. The quantitative estimate of drug-likeness (QED) is 0.299. The van der Waals surface area contributed by atoms with Crippen LogP contribution in [0.3, 0.4) is 0 Å². The third-order valence-corrected chi connectivity index (χ3v) is 11.0. The van der Waals surface area contributed by atoms with Crippen molar-refractivity contribution >= 4 is 46.2 Å². The van der Waals surface area contributed by atoms with E-state index in [2.05, 4.69) is 27.9 Å². The molecule has 3 aromatic rings. The molecule has 4 heterocycles. The molecule has 2 bridgehead atoms. The van der Waals surface area contributed by atoms with E-state index < -0.39 is 27.4 Å². The Bertz CT molecular complexity index is 1450. The molecule has 3 fully saturated rings. The summed E-state index contributed by atoms with van der Waals surface area (Å²) in [6.07, 6.45) is 4.62. The fourth-order valence-corrected chi connectivity index (χ4v) is 9.50. The maximum atomic E-state index is 14.2. The molecule has 3 aliphatic heterocycles. The number of carbonyl (C=O) groups excluding carboxylic acids is 3. The number of aliphatic hydroxyl groups is 1. The molecular weight excluding hydrogens is 540 g/mol. The first-order chi connectivity index (χ1) is 19.9. The van der Waals surface area contributed by atoms with Crippen molar-refractivity contribution in [2.75, 3.05) is 18.5 Å². The number of rotatable bonds is 11. The first-order valence-electron chi connectivity index (χ1n) is 14.4. The lowest BCUT2D eigenvalue weighted by Gasteiger charge is -2.34. The Kier molecular flexibility index (Phi) is 7.50. The Morgan fingerprint density at radius 2 is 1.78 bits per heavy atom. The van der Waals surface area contributed by atoms with E-state index in [0.717, 1.165) is 36.7 Å². The number of para-hydroxylation sites is 2. The maximum Gasteiger partial charge on any atom is 0.245 e. The van der Waals surface area contributed by atoms with Crippen LogP contribution in [0.15, 0.2) is 54.6 Å². The van der Waals surface area contributed by atoms with E-state index in [1.807, 2.05) is 54.6 Å². The molecule has 6 rings (SSSR count). The molecule has 216 valence electrons. The van der Waals surface area contributed by atoms with Gasteiger partial charge in [0.2, 0.25) is 17.7 Å². The highest BCUT2D eigenvalue weighted by Gasteiger charge is 2.77. The van der Waals surface area contributed by atoms with Gasteiger partial charge in [-0.2, -0.15) is 0 Å². The number of benzene rings is 2. The molecular formula is C30H36N6O4S. The van der Waals surface area contributed by atoms with Crippen LogP contribution in [0.1, 0.15) is 45.4 Å². The molecule has 0 saturated carbocycles. The number of anilines is 1. The summed E-state index contributed by atoms with van der Waals surface area (Å²) in [6.45, 7) is 2.79. The summed E-state index contributed by atoms with van der Waals surface area (Å²) in [6, 6.07) is 16.2. The zero-order valence-electron chi connectivity index (χ0n) is 23.2. The molecule has 1 spiro atoms. The summed E-state index contributed by atoms with van der Waals surface area (Å²) in [5.74, 6) is -1.61. The van der Waals surface area contributed by atoms with Crippen molar-refractivity contribution in [2.45, 2.75) is 67.7 Å². The number of unbranched alkanes of at least 4 members (excludes halogenated alkanes) is 3. The zero-order chi connectivity index (χ0) is 28.6. The molecule has 41 heavy (non-hydrogen) atoms. The molecule has 5 atom stereocenters. The monoisotopic (exact) mass is 576 g/mol. The van der Waals surface area contributed by atoms with Gasteiger partial charge in [-0.15, -0.1) is 16.9 Å². The highest BCUT2D eigenvalue weighted by molar-refractivity contribution is 8.02. The summed E-state index contributed by atoms with van der Waals surface area (Å²) < 4.78 is 0.534. The minimum atomic E-state index is -0.686. The molecule has 1 aromatic heterocycles. The number of likely N-dealkylation sites (tertiary alicyclic amines) is 1. The van der Waals surface area contributed by atoms with Crippen molar-refractivity contribution in [3.05, 3.63) is 54.6 Å². The van der Waals surface area contributed by atoms with Crippen LogP contribution in [0, 0.1) is 11.8 Å². The van der Waals surface area contributed by atoms with Gasteiger partial charge in [0.1, 0.15) is 18.2 Å². The predicted molar refractivity (Wildman–Crippen MR) is 157 cm³/mol. The van der Waals surface area contributed by atoms with Crippen molar-refractivity contribution in [2.24, 2.45) is 11.8 Å². The van der Waals surface area contributed by atoms with E-state index in [1.54, 1.807) is 21.3 Å². The van der Waals surface area contributed by atoms with Crippen molar-refractivity contribution in [3.63, 3.8) is 0 Å². The first-order valence-corrected chi connectivity index (χ1v) is 15.2. The van der Waals surface area contributed by atoms with Crippen molar-refractivity contribution in [1.29, 1.82) is 0 Å². The second kappa shape index (κ2) is 11.1. The highest BCUT2D eigenvalue weighted by atomic mass is 32.2. The Balaban J connectivity index is 1.27. The van der Waals surface area contributed by atoms with Gasteiger partial charge in [0, 0.05) is 23.6 Å². The minimum Gasteiger partial charge on any atom is -0.396 e. The van der Waals surface area contributed by atoms with Crippen LogP contribution in [0.25, 0.3) is 11.0 Å². The van der Waals surface area contributed by atoms with E-state index in [1.165, 1.54) is 0 Å². The van der Waals surface area contributed by atoms with Gasteiger partial charge in [-0.05, 0) is 56.9 Å². The largest absolute Gasteiger partial charge is 0.396 e. The summed E-state index contributed by atoms with van der Waals surface area (Å²) in [7, 11) is 0. The number of hydrogen-bond acceptors (Lipinski definition) is 7. The second-order valence-electron chi connectivity index (χ2n) is 11.5. The van der Waals surface area contributed by atoms with Crippen LogP contribution in [0.5, 0.6) is 0 Å². The van der Waals surface area contributed by atoms with Gasteiger partial charge in [0.05, 0.1) is 22.1 Å². The predicted octanol–water partition coefficient (Wildman–Crippen LogP) is 3.18. The Morgan fingerprint density at radius 1 is 1.02 bits per heavy atom. The number of carbonyl (C=O) groups is 3. The number of fused-ring (bicyclic) bond motifs is 2. The lowest BCUT2D eigenvalue weighted by Crippen LogP contribution is -2.54. The molecule has 2 unspecified atom stereocenters. The number of amides is 3. The molecule has 3 saturated heterocycles. The van der Waals surface area contributed by atoms with Gasteiger partial charge >= 0.3 is 0 Å². The number of nitrogens with one attached hydrogen (secondary N) is 2. The smallest absolute Gasteiger partial charge is 0.245 e. The van der Waals surface area contributed by atoms with E-state index in [9.17, 15) is 14.4 Å². The van der Waals surface area contributed by atoms with Crippen molar-refractivity contribution in [1.82, 2.24) is 25.2 Å². The first kappa shape index (κ1) is 27.7. The average Bonchev–Trinajstić information content (AvgIpc) is 3.68. The Morgan fingerprint density at radius 3 is 2.59 bits per heavy atom. The lowest BCUT2D eigenvalue weighted by molar-refractivity contribution is -0.139. The van der Waals surface area contributed by atoms with Gasteiger partial charge in [-0.25, -0.2) is 4.68 Å². The summed E-state index contributed by atoms with van der Waals surface area (Å²) in [5.41, 5.74) is 2.25. The Labute approximate surface area is 243 Å². The molecule has 3 aliphatic rings. The molecule has 0 radical (unpaired) electrons. The average molecular weight is 577 g/mol. The normalized spacial score (nSPS) is 28.3. The molecule has 0 aliphatic carbocycles. The van der Waals surface area contributed by atoms with Gasteiger partial charge in [-0.1, -0.05) is 48.4 Å². The third-order valence-electron chi connectivity index (χ3n) is 8.98. The second-order valence-corrected chi connectivity index (χ2v) is 13.4. The van der Waals surface area contributed by atoms with Crippen LogP contribution in [0.4, 0.5) is 5.69 Å². The lowest BCUT2D eigenvalue weighted by atomic mass is 9.66. The molecule has 2 aromatic carbocycles. The topological polar surface area (TPSA) is 129 Å². The van der Waals surface area contributed by atoms with Crippen LogP contribution in [-0.2, 0) is 21.1 Å². The van der Waals surface area contributed by atoms with E-state index in [0.29, 0.717) is 25.1 Å². The Hall–Kier alpha value is -3.44. The van der Waals surface area contributed by atoms with E-state index in [4.69, 9.17) is 5.11 Å². The zero-order valence-corrected chi connectivity index (χ0v) is 24.0. The van der Waals surface area contributed by atoms with E-state index >= 15 is 0 Å². The van der Waals surface area contributed by atoms with Crippen LogP contribution >= 0.6 is 11.8 Å². The summed E-state index contributed by atoms with van der Waals surface area (Å²) >= 11 is 1.66. The van der Waals surface area contributed by atoms with Crippen LogP contribution < -0.4 is 10.6 Å². The van der Waals surface area contributed by atoms with Gasteiger partial charge in [0.15, 0.2) is 0 Å². The van der Waals surface area contributed by atoms with Crippen molar-refractivity contribution < 1.29 is 19.5 Å². The number of aliphatic hydroxyl groups excluding tert-OH is 1. The fourth-order valence-electron chi connectivity index (χ4n) is 7.14. The third kappa shape index (κ3) is 4.78. The molecule has 3 N–H and O–H groups in total. The molecule has 3 amide bonds. The number of aromatic nitrogens is 3. The van der Waals surface area contributed by atoms with Crippen LogP contribution in [0.2, 0.25) is 0 Å². The summed E-state index contributed by atoms with van der Waals surface area (Å²) in [5, 5.41) is 23.6. The molecule has 10 nitrogen and oxygen atoms in total. The molecule has 11 heteroatoms. The van der Waals surface area contributed by atoms with Gasteiger partial charge in [0.25, 0.3) is 0 Å². The number of hydrogen-bond donors (Lipinski definition) is 3. The van der Waals surface area contributed by atoms with Crippen molar-refractivity contribution in [3.8, 4) is 0 Å².